The predicted octanol–water partition coefficient (Wildman–Crippen LogP) is 4.35. The van der Waals surface area contributed by atoms with E-state index in [0.29, 0.717) is 18.8 Å². The van der Waals surface area contributed by atoms with E-state index in [9.17, 15) is 19.8 Å². The molecule has 0 aromatic carbocycles. The molecule has 1 aliphatic carbocycles. The van der Waals surface area contributed by atoms with Crippen molar-refractivity contribution in [2.45, 2.75) is 66.7 Å². The van der Waals surface area contributed by atoms with E-state index in [1.807, 2.05) is 6.08 Å². The van der Waals surface area contributed by atoms with E-state index in [1.165, 1.54) is 0 Å². The molecule has 0 spiro atoms. The summed E-state index contributed by atoms with van der Waals surface area (Å²) in [4.78, 5) is 23.8. The van der Waals surface area contributed by atoms with E-state index in [0.717, 1.165) is 12.8 Å². The minimum atomic E-state index is -1.24. The predicted molar refractivity (Wildman–Crippen MR) is 86.7 cm³/mol. The fourth-order valence-corrected chi connectivity index (χ4v) is 3.76. The van der Waals surface area contributed by atoms with E-state index < -0.39 is 22.8 Å². The number of carbonyl (C=O) groups is 2. The van der Waals surface area contributed by atoms with Crippen molar-refractivity contribution in [3.63, 3.8) is 0 Å². The number of aliphatic carboxylic acids is 2. The molecule has 4 heteroatoms. The maximum Gasteiger partial charge on any atom is 0.311 e. The number of hydrogen-bond acceptors (Lipinski definition) is 2. The molecule has 0 bridgehead atoms. The van der Waals surface area contributed by atoms with Crippen molar-refractivity contribution in [1.29, 1.82) is 0 Å². The molecular weight excluding hydrogens is 280 g/mol. The van der Waals surface area contributed by atoms with Crippen LogP contribution in [0.15, 0.2) is 12.2 Å². The summed E-state index contributed by atoms with van der Waals surface area (Å²) in [5, 5.41) is 19.5. The maximum absolute atomic E-state index is 12.0. The Bertz CT molecular complexity index is 460. The lowest BCUT2D eigenvalue weighted by molar-refractivity contribution is -0.174. The minimum Gasteiger partial charge on any atom is -0.481 e. The minimum absolute atomic E-state index is 0.193. The summed E-state index contributed by atoms with van der Waals surface area (Å²) >= 11 is 0. The average molecular weight is 310 g/mol. The number of carboxylic acid groups (broad SMARTS) is 2. The second-order valence-corrected chi connectivity index (χ2v) is 8.31. The van der Waals surface area contributed by atoms with Crippen molar-refractivity contribution in [1.82, 2.24) is 0 Å². The first-order chi connectivity index (χ1) is 9.94. The third-order valence-electron chi connectivity index (χ3n) is 5.12. The lowest BCUT2D eigenvalue weighted by Gasteiger charge is -2.44. The van der Waals surface area contributed by atoms with Crippen LogP contribution in [0.25, 0.3) is 0 Å². The molecule has 0 heterocycles. The summed E-state index contributed by atoms with van der Waals surface area (Å²) in [6.07, 6.45) is 6.35. The van der Waals surface area contributed by atoms with Gasteiger partial charge in [0.15, 0.2) is 0 Å². The van der Waals surface area contributed by atoms with E-state index in [1.54, 1.807) is 13.0 Å². The van der Waals surface area contributed by atoms with Crippen molar-refractivity contribution < 1.29 is 19.8 Å². The van der Waals surface area contributed by atoms with Gasteiger partial charge in [0.1, 0.15) is 0 Å². The van der Waals surface area contributed by atoms with Crippen LogP contribution in [0.3, 0.4) is 0 Å². The third-order valence-corrected chi connectivity index (χ3v) is 5.12. The van der Waals surface area contributed by atoms with Gasteiger partial charge in [-0.25, -0.2) is 0 Å². The molecule has 0 aromatic heterocycles. The van der Waals surface area contributed by atoms with Gasteiger partial charge in [0.05, 0.1) is 10.8 Å². The van der Waals surface area contributed by atoms with Gasteiger partial charge in [-0.2, -0.15) is 0 Å². The highest BCUT2D eigenvalue weighted by molar-refractivity contribution is 5.87. The molecule has 3 atom stereocenters. The van der Waals surface area contributed by atoms with Crippen molar-refractivity contribution in [2.24, 2.45) is 22.2 Å². The highest BCUT2D eigenvalue weighted by atomic mass is 16.4. The molecule has 0 saturated carbocycles. The fraction of sp³-hybridized carbons (Fsp3) is 0.778. The van der Waals surface area contributed by atoms with Gasteiger partial charge in [0.2, 0.25) is 0 Å². The van der Waals surface area contributed by atoms with Gasteiger partial charge in [0.25, 0.3) is 0 Å². The second kappa shape index (κ2) is 6.43. The summed E-state index contributed by atoms with van der Waals surface area (Å²) in [6.45, 7) is 10.2. The molecule has 22 heavy (non-hydrogen) atoms. The van der Waals surface area contributed by atoms with Gasteiger partial charge in [-0.1, -0.05) is 39.8 Å². The van der Waals surface area contributed by atoms with Crippen molar-refractivity contribution in [3.8, 4) is 0 Å². The standard InChI is InChI=1S/C18H30O4/c1-13(12-16(2,3)4)8-11-18(15(21)22)10-7-6-9-17(18,5)14(19)20/h6-7,13H,8-12H2,1-5H3,(H,19,20)(H,21,22). The molecule has 3 unspecified atom stereocenters. The Labute approximate surface area is 133 Å². The third kappa shape index (κ3) is 3.71. The molecule has 0 aliphatic heterocycles. The highest BCUT2D eigenvalue weighted by Crippen LogP contribution is 2.52. The van der Waals surface area contributed by atoms with E-state index >= 15 is 0 Å². The lowest BCUT2D eigenvalue weighted by atomic mass is 9.56. The Morgan fingerprint density at radius 1 is 1.14 bits per heavy atom. The summed E-state index contributed by atoms with van der Waals surface area (Å²) < 4.78 is 0. The Morgan fingerprint density at radius 3 is 2.14 bits per heavy atom. The van der Waals surface area contributed by atoms with Gasteiger partial charge in [-0.15, -0.1) is 0 Å². The van der Waals surface area contributed by atoms with Crippen LogP contribution in [-0.4, -0.2) is 22.2 Å². The molecule has 0 radical (unpaired) electrons. The molecule has 1 rings (SSSR count). The van der Waals surface area contributed by atoms with Crippen LogP contribution < -0.4 is 0 Å². The molecule has 126 valence electrons. The molecule has 0 amide bonds. The van der Waals surface area contributed by atoms with Crippen LogP contribution in [0, 0.1) is 22.2 Å². The van der Waals surface area contributed by atoms with Crippen LogP contribution in [0.2, 0.25) is 0 Å². The van der Waals surface area contributed by atoms with Gasteiger partial charge < -0.3 is 10.2 Å². The first kappa shape index (κ1) is 18.7. The van der Waals surface area contributed by atoms with Gasteiger partial charge in [-0.05, 0) is 50.4 Å². The van der Waals surface area contributed by atoms with Crippen LogP contribution >= 0.6 is 0 Å². The summed E-state index contributed by atoms with van der Waals surface area (Å²) in [7, 11) is 0. The largest absolute Gasteiger partial charge is 0.481 e. The molecule has 0 fully saturated rings. The zero-order chi connectivity index (χ0) is 17.2. The zero-order valence-electron chi connectivity index (χ0n) is 14.5. The fourth-order valence-electron chi connectivity index (χ4n) is 3.76. The molecule has 1 aliphatic rings. The maximum atomic E-state index is 12.0. The Morgan fingerprint density at radius 2 is 1.68 bits per heavy atom. The Hall–Kier alpha value is -1.32. The van der Waals surface area contributed by atoms with Crippen molar-refractivity contribution in [3.05, 3.63) is 12.2 Å². The zero-order valence-corrected chi connectivity index (χ0v) is 14.5. The van der Waals surface area contributed by atoms with Gasteiger partial charge in [-0.3, -0.25) is 9.59 Å². The quantitative estimate of drug-likeness (QED) is 0.715. The van der Waals surface area contributed by atoms with E-state index in [-0.39, 0.29) is 11.8 Å². The second-order valence-electron chi connectivity index (χ2n) is 8.31. The van der Waals surface area contributed by atoms with E-state index in [2.05, 4.69) is 27.7 Å². The Balaban J connectivity index is 2.99. The molecular formula is C18H30O4. The SMILES string of the molecule is CC(CCC1(C(=O)O)CC=CCC1(C)C(=O)O)CC(C)(C)C. The summed E-state index contributed by atoms with van der Waals surface area (Å²) in [5.41, 5.74) is -2.26. The molecule has 0 aromatic rings. The molecule has 4 nitrogen and oxygen atoms in total. The van der Waals surface area contributed by atoms with Crippen LogP contribution in [0.4, 0.5) is 0 Å². The first-order valence-electron chi connectivity index (χ1n) is 8.06. The van der Waals surface area contributed by atoms with Crippen molar-refractivity contribution >= 4 is 11.9 Å². The van der Waals surface area contributed by atoms with Crippen molar-refractivity contribution in [2.75, 3.05) is 0 Å². The normalized spacial score (nSPS) is 30.0. The number of allylic oxidation sites excluding steroid dienone is 2. The van der Waals surface area contributed by atoms with Gasteiger partial charge >= 0.3 is 11.9 Å². The van der Waals surface area contributed by atoms with Crippen LogP contribution in [-0.2, 0) is 9.59 Å². The van der Waals surface area contributed by atoms with Crippen LogP contribution in [0.5, 0.6) is 0 Å². The highest BCUT2D eigenvalue weighted by Gasteiger charge is 2.58. The summed E-state index contributed by atoms with van der Waals surface area (Å²) in [6, 6.07) is 0. The number of carboxylic acids is 2. The summed E-state index contributed by atoms with van der Waals surface area (Å²) in [5.74, 6) is -1.62. The van der Waals surface area contributed by atoms with Gasteiger partial charge in [0, 0.05) is 0 Å². The number of hydrogen-bond donors (Lipinski definition) is 2. The number of rotatable bonds is 6. The Kier molecular flexibility index (Phi) is 5.47. The van der Waals surface area contributed by atoms with E-state index in [4.69, 9.17) is 0 Å². The lowest BCUT2D eigenvalue weighted by Crippen LogP contribution is -2.52. The van der Waals surface area contributed by atoms with Crippen LogP contribution in [0.1, 0.15) is 66.7 Å². The smallest absolute Gasteiger partial charge is 0.311 e. The molecule has 0 saturated heterocycles. The topological polar surface area (TPSA) is 74.6 Å². The monoisotopic (exact) mass is 310 g/mol. The first-order valence-corrected chi connectivity index (χ1v) is 8.06. The average Bonchev–Trinajstić information content (AvgIpc) is 2.35. The molecule has 2 N–H and O–H groups in total.